The van der Waals surface area contributed by atoms with Crippen LogP contribution in [0.15, 0.2) is 11.2 Å². The van der Waals surface area contributed by atoms with Crippen molar-refractivity contribution in [3.05, 3.63) is 6.20 Å². The molecule has 1 rings (SSSR count). The molecule has 0 aliphatic carbocycles. The van der Waals surface area contributed by atoms with E-state index in [4.69, 9.17) is 5.73 Å². The first kappa shape index (κ1) is 4.76. The van der Waals surface area contributed by atoms with Gasteiger partial charge in [-0.3, -0.25) is 0 Å². The SMILES string of the molecule is N/C=N\c1cnn[nH]1. The fourth-order valence-corrected chi connectivity index (χ4v) is 0.335. The summed E-state index contributed by atoms with van der Waals surface area (Å²) in [4.78, 5) is 3.64. The minimum absolute atomic E-state index is 0.563. The minimum Gasteiger partial charge on any atom is -0.390 e. The normalized spacial score (nSPS) is 10.5. The van der Waals surface area contributed by atoms with Crippen LogP contribution in [-0.4, -0.2) is 21.7 Å². The molecule has 8 heavy (non-hydrogen) atoms. The number of H-pyrrole nitrogens is 1. The molecule has 0 fully saturated rings. The summed E-state index contributed by atoms with van der Waals surface area (Å²) in [5.41, 5.74) is 4.95. The lowest BCUT2D eigenvalue weighted by atomic mass is 10.8. The molecule has 42 valence electrons. The summed E-state index contributed by atoms with van der Waals surface area (Å²) in [6, 6.07) is 0. The summed E-state index contributed by atoms with van der Waals surface area (Å²) >= 11 is 0. The number of aromatic nitrogens is 3. The van der Waals surface area contributed by atoms with Crippen LogP contribution in [0.5, 0.6) is 0 Å². The molecule has 0 aliphatic heterocycles. The molecule has 0 radical (unpaired) electrons. The van der Waals surface area contributed by atoms with E-state index < -0.39 is 0 Å². The van der Waals surface area contributed by atoms with E-state index in [0.29, 0.717) is 5.82 Å². The lowest BCUT2D eigenvalue weighted by Crippen LogP contribution is -1.85. The molecule has 5 heteroatoms. The summed E-state index contributed by atoms with van der Waals surface area (Å²) < 4.78 is 0. The Bertz CT molecular complexity index is 164. The number of rotatable bonds is 1. The highest BCUT2D eigenvalue weighted by Gasteiger charge is 1.82. The van der Waals surface area contributed by atoms with E-state index in [0.717, 1.165) is 0 Å². The predicted molar refractivity (Wildman–Crippen MR) is 28.7 cm³/mol. The Morgan fingerprint density at radius 3 is 3.25 bits per heavy atom. The second-order valence-corrected chi connectivity index (χ2v) is 1.12. The van der Waals surface area contributed by atoms with Gasteiger partial charge in [0, 0.05) is 0 Å². The maximum atomic E-state index is 4.95. The van der Waals surface area contributed by atoms with Crippen LogP contribution in [0.3, 0.4) is 0 Å². The van der Waals surface area contributed by atoms with E-state index in [1.165, 1.54) is 12.5 Å². The lowest BCUT2D eigenvalue weighted by molar-refractivity contribution is 0.940. The summed E-state index contributed by atoms with van der Waals surface area (Å²) in [7, 11) is 0. The van der Waals surface area contributed by atoms with Crippen LogP contribution >= 0.6 is 0 Å². The average Bonchev–Trinajstić information content (AvgIpc) is 2.19. The minimum atomic E-state index is 0.563. The van der Waals surface area contributed by atoms with E-state index in [-0.39, 0.29) is 0 Å². The van der Waals surface area contributed by atoms with Crippen LogP contribution in [0.1, 0.15) is 0 Å². The second kappa shape index (κ2) is 2.06. The zero-order chi connectivity index (χ0) is 5.82. The van der Waals surface area contributed by atoms with E-state index in [1.54, 1.807) is 0 Å². The van der Waals surface area contributed by atoms with Gasteiger partial charge in [0.1, 0.15) is 0 Å². The van der Waals surface area contributed by atoms with Crippen molar-refractivity contribution in [3.63, 3.8) is 0 Å². The summed E-state index contributed by atoms with van der Waals surface area (Å²) in [6.07, 6.45) is 2.65. The van der Waals surface area contributed by atoms with Crippen molar-refractivity contribution >= 4 is 12.2 Å². The number of aromatic amines is 1. The number of nitrogens with two attached hydrogens (primary N) is 1. The van der Waals surface area contributed by atoms with Gasteiger partial charge in [0.2, 0.25) is 0 Å². The number of hydrogen-bond acceptors (Lipinski definition) is 3. The Balaban J connectivity index is 2.77. The van der Waals surface area contributed by atoms with Gasteiger partial charge in [-0.2, -0.15) is 0 Å². The Morgan fingerprint density at radius 2 is 2.75 bits per heavy atom. The van der Waals surface area contributed by atoms with Gasteiger partial charge in [0.25, 0.3) is 0 Å². The van der Waals surface area contributed by atoms with Crippen LogP contribution in [0.4, 0.5) is 5.82 Å². The number of nitrogens with zero attached hydrogens (tertiary/aromatic N) is 3. The van der Waals surface area contributed by atoms with Crippen molar-refractivity contribution in [1.82, 2.24) is 15.4 Å². The number of aliphatic imine (C=N–C) groups is 1. The summed E-state index contributed by atoms with van der Waals surface area (Å²) in [5, 5.41) is 9.36. The molecule has 0 saturated carbocycles. The van der Waals surface area contributed by atoms with Gasteiger partial charge in [-0.25, -0.2) is 10.1 Å². The van der Waals surface area contributed by atoms with E-state index >= 15 is 0 Å². The molecular formula is C3H5N5. The quantitative estimate of drug-likeness (QED) is 0.376. The molecule has 0 bridgehead atoms. The Hall–Kier alpha value is -1.39. The van der Waals surface area contributed by atoms with E-state index in [2.05, 4.69) is 20.4 Å². The largest absolute Gasteiger partial charge is 0.390 e. The van der Waals surface area contributed by atoms with Crippen molar-refractivity contribution in [2.24, 2.45) is 10.7 Å². The van der Waals surface area contributed by atoms with Crippen molar-refractivity contribution in [2.75, 3.05) is 0 Å². The molecule has 0 unspecified atom stereocenters. The molecular weight excluding hydrogens is 106 g/mol. The number of nitrogens with one attached hydrogen (secondary N) is 1. The van der Waals surface area contributed by atoms with Gasteiger partial charge < -0.3 is 5.73 Å². The van der Waals surface area contributed by atoms with Crippen LogP contribution in [0.25, 0.3) is 0 Å². The monoisotopic (exact) mass is 111 g/mol. The fraction of sp³-hybridized carbons (Fsp3) is 0. The first-order chi connectivity index (χ1) is 3.93. The molecule has 0 aliphatic rings. The third-order valence-corrected chi connectivity index (χ3v) is 0.616. The van der Waals surface area contributed by atoms with Crippen molar-refractivity contribution in [3.8, 4) is 0 Å². The van der Waals surface area contributed by atoms with E-state index in [1.807, 2.05) is 0 Å². The van der Waals surface area contributed by atoms with Crippen LogP contribution < -0.4 is 5.73 Å². The molecule has 0 amide bonds. The van der Waals surface area contributed by atoms with Gasteiger partial charge in [-0.05, 0) is 0 Å². The van der Waals surface area contributed by atoms with Gasteiger partial charge >= 0.3 is 0 Å². The Morgan fingerprint density at radius 1 is 1.88 bits per heavy atom. The molecule has 5 nitrogen and oxygen atoms in total. The highest BCUT2D eigenvalue weighted by atomic mass is 15.3. The molecule has 0 spiro atoms. The zero-order valence-electron chi connectivity index (χ0n) is 4.07. The third-order valence-electron chi connectivity index (χ3n) is 0.616. The number of hydrogen-bond donors (Lipinski definition) is 2. The fourth-order valence-electron chi connectivity index (χ4n) is 0.335. The predicted octanol–water partition coefficient (Wildman–Crippen LogP) is -0.577. The van der Waals surface area contributed by atoms with Gasteiger partial charge in [0.05, 0.1) is 12.5 Å². The van der Waals surface area contributed by atoms with Crippen molar-refractivity contribution in [1.29, 1.82) is 0 Å². The molecule has 0 aromatic carbocycles. The maximum Gasteiger partial charge on any atom is 0.169 e. The van der Waals surface area contributed by atoms with Gasteiger partial charge in [-0.1, -0.05) is 5.21 Å². The molecule has 0 atom stereocenters. The first-order valence-electron chi connectivity index (χ1n) is 2.04. The lowest BCUT2D eigenvalue weighted by Gasteiger charge is -1.74. The van der Waals surface area contributed by atoms with Crippen LogP contribution in [-0.2, 0) is 0 Å². The topological polar surface area (TPSA) is 79.9 Å². The highest BCUT2D eigenvalue weighted by Crippen LogP contribution is 1.97. The highest BCUT2D eigenvalue weighted by molar-refractivity contribution is 5.56. The maximum absolute atomic E-state index is 4.95. The second-order valence-electron chi connectivity index (χ2n) is 1.12. The summed E-state index contributed by atoms with van der Waals surface area (Å²) in [5.74, 6) is 0.563. The van der Waals surface area contributed by atoms with Crippen LogP contribution in [0, 0.1) is 0 Å². The van der Waals surface area contributed by atoms with E-state index in [9.17, 15) is 0 Å². The molecule has 3 N–H and O–H groups in total. The van der Waals surface area contributed by atoms with Crippen molar-refractivity contribution in [2.45, 2.75) is 0 Å². The van der Waals surface area contributed by atoms with Gasteiger partial charge in [-0.15, -0.1) is 5.10 Å². The smallest absolute Gasteiger partial charge is 0.169 e. The molecule has 1 heterocycles. The Kier molecular flexibility index (Phi) is 1.23. The molecule has 1 aromatic heterocycles. The summed E-state index contributed by atoms with van der Waals surface area (Å²) in [6.45, 7) is 0. The first-order valence-corrected chi connectivity index (χ1v) is 2.04. The third kappa shape index (κ3) is 0.810. The Labute approximate surface area is 45.6 Å². The average molecular weight is 111 g/mol. The zero-order valence-corrected chi connectivity index (χ0v) is 4.07. The van der Waals surface area contributed by atoms with Crippen LogP contribution in [0.2, 0.25) is 0 Å². The standard InChI is InChI=1S/C3H5N5/c4-2-5-3-1-6-8-7-3/h1-2H,(H3,4,5,6,7,8). The molecule has 1 aromatic rings. The van der Waals surface area contributed by atoms with Gasteiger partial charge in [0.15, 0.2) is 5.82 Å². The van der Waals surface area contributed by atoms with Crippen molar-refractivity contribution < 1.29 is 0 Å². The molecule has 0 saturated heterocycles.